The summed E-state index contributed by atoms with van der Waals surface area (Å²) in [4.78, 5) is 0. The van der Waals surface area contributed by atoms with Gasteiger partial charge >= 0.3 is 0 Å². The molecule has 4 nitrogen and oxygen atoms in total. The van der Waals surface area contributed by atoms with Crippen LogP contribution in [-0.2, 0) is 6.54 Å². The lowest BCUT2D eigenvalue weighted by molar-refractivity contribution is -0.00533. The fraction of sp³-hybridized carbons (Fsp3) is 0.600. The van der Waals surface area contributed by atoms with E-state index in [4.69, 9.17) is 9.47 Å². The molecule has 0 saturated heterocycles. The molecule has 0 spiro atoms. The molecule has 0 aliphatic carbocycles. The van der Waals surface area contributed by atoms with Crippen molar-refractivity contribution < 1.29 is 14.6 Å². The van der Waals surface area contributed by atoms with Gasteiger partial charge in [-0.05, 0) is 45.4 Å². The van der Waals surface area contributed by atoms with Crippen LogP contribution >= 0.6 is 0 Å². The average Bonchev–Trinajstić information content (AvgIpc) is 2.35. The Bertz CT molecular complexity index is 449. The zero-order chi connectivity index (χ0) is 14.1. The summed E-state index contributed by atoms with van der Waals surface area (Å²) in [6.45, 7) is 9.48. The molecule has 1 heterocycles. The number of benzene rings is 1. The molecule has 1 aliphatic heterocycles. The smallest absolute Gasteiger partial charge is 0.161 e. The van der Waals surface area contributed by atoms with Crippen molar-refractivity contribution in [2.45, 2.75) is 45.4 Å². The van der Waals surface area contributed by atoms with E-state index in [0.717, 1.165) is 17.1 Å². The normalized spacial score (nSPS) is 15.4. The summed E-state index contributed by atoms with van der Waals surface area (Å²) in [5.41, 5.74) is -0.0530. The molecule has 1 aromatic rings. The molecule has 2 N–H and O–H groups in total. The zero-order valence-electron chi connectivity index (χ0n) is 12.1. The lowest BCUT2D eigenvalue weighted by atomic mass is 9.86. The van der Waals surface area contributed by atoms with E-state index in [1.165, 1.54) is 0 Å². The molecule has 0 atom stereocenters. The Morgan fingerprint density at radius 1 is 1.11 bits per heavy atom. The highest BCUT2D eigenvalue weighted by atomic mass is 16.6. The maximum atomic E-state index is 10.1. The highest BCUT2D eigenvalue weighted by molar-refractivity contribution is 5.43. The Hall–Kier alpha value is -1.26. The Morgan fingerprint density at radius 3 is 2.37 bits per heavy atom. The zero-order valence-corrected chi connectivity index (χ0v) is 12.1. The summed E-state index contributed by atoms with van der Waals surface area (Å²) in [6, 6.07) is 5.94. The van der Waals surface area contributed by atoms with E-state index in [2.05, 4.69) is 5.32 Å². The Kier molecular flexibility index (Phi) is 3.74. The highest BCUT2D eigenvalue weighted by Crippen LogP contribution is 2.31. The van der Waals surface area contributed by atoms with Gasteiger partial charge in [-0.1, -0.05) is 6.07 Å². The number of fused-ring (bicyclic) bond motifs is 1. The number of hydrogen-bond acceptors (Lipinski definition) is 4. The first-order valence-corrected chi connectivity index (χ1v) is 6.65. The average molecular weight is 265 g/mol. The standard InChI is InChI=1S/C15H23NO3/c1-14(2,15(3,4)17)16-10-11-5-6-12-13(9-11)19-8-7-18-12/h5-6,9,16-17H,7-8,10H2,1-4H3. The summed E-state index contributed by atoms with van der Waals surface area (Å²) in [6.07, 6.45) is 0. The molecule has 0 bridgehead atoms. The van der Waals surface area contributed by atoms with Crippen LogP contribution in [0.5, 0.6) is 11.5 Å². The molecule has 19 heavy (non-hydrogen) atoms. The largest absolute Gasteiger partial charge is 0.486 e. The number of rotatable bonds is 4. The van der Waals surface area contributed by atoms with E-state index in [0.29, 0.717) is 19.8 Å². The summed E-state index contributed by atoms with van der Waals surface area (Å²) >= 11 is 0. The maximum absolute atomic E-state index is 10.1. The van der Waals surface area contributed by atoms with Crippen LogP contribution in [0.2, 0.25) is 0 Å². The van der Waals surface area contributed by atoms with Gasteiger partial charge in [0.1, 0.15) is 13.2 Å². The van der Waals surface area contributed by atoms with Crippen LogP contribution in [0.1, 0.15) is 33.3 Å². The van der Waals surface area contributed by atoms with Gasteiger partial charge in [-0.15, -0.1) is 0 Å². The quantitative estimate of drug-likeness (QED) is 0.875. The minimum Gasteiger partial charge on any atom is -0.486 e. The molecule has 0 radical (unpaired) electrons. The van der Waals surface area contributed by atoms with Crippen LogP contribution in [0.3, 0.4) is 0 Å². The second-order valence-corrected chi connectivity index (χ2v) is 6.02. The summed E-state index contributed by atoms with van der Waals surface area (Å²) < 4.78 is 11.1. The monoisotopic (exact) mass is 265 g/mol. The Balaban J connectivity index is 2.04. The van der Waals surface area contributed by atoms with Crippen molar-refractivity contribution in [3.8, 4) is 11.5 Å². The molecule has 0 saturated carbocycles. The predicted octanol–water partition coefficient (Wildman–Crippen LogP) is 2.10. The molecule has 0 aromatic heterocycles. The minimum atomic E-state index is -0.791. The molecule has 4 heteroatoms. The minimum absolute atomic E-state index is 0.375. The van der Waals surface area contributed by atoms with E-state index in [1.54, 1.807) is 0 Å². The van der Waals surface area contributed by atoms with Crippen LogP contribution in [0.25, 0.3) is 0 Å². The topological polar surface area (TPSA) is 50.7 Å². The van der Waals surface area contributed by atoms with Crippen molar-refractivity contribution >= 4 is 0 Å². The first-order valence-electron chi connectivity index (χ1n) is 6.65. The number of aliphatic hydroxyl groups is 1. The van der Waals surface area contributed by atoms with Gasteiger partial charge in [0.15, 0.2) is 11.5 Å². The predicted molar refractivity (Wildman–Crippen MR) is 74.6 cm³/mol. The summed E-state index contributed by atoms with van der Waals surface area (Å²) in [5, 5.41) is 13.5. The molecule has 106 valence electrons. The van der Waals surface area contributed by atoms with Crippen molar-refractivity contribution in [3.63, 3.8) is 0 Å². The fourth-order valence-corrected chi connectivity index (χ4v) is 1.74. The van der Waals surface area contributed by atoms with E-state index in [1.807, 2.05) is 45.9 Å². The first-order chi connectivity index (χ1) is 8.79. The molecular weight excluding hydrogens is 242 g/mol. The molecule has 0 unspecified atom stereocenters. The van der Waals surface area contributed by atoms with Crippen LogP contribution in [0.4, 0.5) is 0 Å². The summed E-state index contributed by atoms with van der Waals surface area (Å²) in [7, 11) is 0. The van der Waals surface area contributed by atoms with Gasteiger partial charge in [-0.2, -0.15) is 0 Å². The van der Waals surface area contributed by atoms with Crippen molar-refractivity contribution in [2.24, 2.45) is 0 Å². The third-order valence-electron chi connectivity index (χ3n) is 3.87. The maximum Gasteiger partial charge on any atom is 0.161 e. The lowest BCUT2D eigenvalue weighted by Gasteiger charge is -2.38. The van der Waals surface area contributed by atoms with Crippen LogP contribution < -0.4 is 14.8 Å². The van der Waals surface area contributed by atoms with Gasteiger partial charge in [-0.3, -0.25) is 0 Å². The van der Waals surface area contributed by atoms with Gasteiger partial charge in [0.25, 0.3) is 0 Å². The van der Waals surface area contributed by atoms with Crippen LogP contribution in [-0.4, -0.2) is 29.5 Å². The van der Waals surface area contributed by atoms with Gasteiger partial charge in [-0.25, -0.2) is 0 Å². The first kappa shape index (κ1) is 14.2. The third-order valence-corrected chi connectivity index (χ3v) is 3.87. The number of ether oxygens (including phenoxy) is 2. The van der Waals surface area contributed by atoms with Gasteiger partial charge in [0, 0.05) is 12.1 Å². The van der Waals surface area contributed by atoms with Gasteiger partial charge in [0.05, 0.1) is 5.60 Å². The highest BCUT2D eigenvalue weighted by Gasteiger charge is 2.34. The summed E-state index contributed by atoms with van der Waals surface area (Å²) in [5.74, 6) is 1.60. The second kappa shape index (κ2) is 5.02. The molecular formula is C15H23NO3. The fourth-order valence-electron chi connectivity index (χ4n) is 1.74. The van der Waals surface area contributed by atoms with Crippen LogP contribution in [0.15, 0.2) is 18.2 Å². The van der Waals surface area contributed by atoms with Crippen molar-refractivity contribution in [3.05, 3.63) is 23.8 Å². The molecule has 0 fully saturated rings. The molecule has 1 aromatic carbocycles. The Labute approximate surface area is 114 Å². The van der Waals surface area contributed by atoms with Crippen molar-refractivity contribution in [1.82, 2.24) is 5.32 Å². The number of hydrogen-bond donors (Lipinski definition) is 2. The van der Waals surface area contributed by atoms with E-state index in [-0.39, 0.29) is 5.54 Å². The van der Waals surface area contributed by atoms with E-state index < -0.39 is 5.60 Å². The number of nitrogens with one attached hydrogen (secondary N) is 1. The van der Waals surface area contributed by atoms with Gasteiger partial charge < -0.3 is 19.9 Å². The molecule has 1 aliphatic rings. The lowest BCUT2D eigenvalue weighted by Crippen LogP contribution is -2.55. The van der Waals surface area contributed by atoms with Crippen molar-refractivity contribution in [1.29, 1.82) is 0 Å². The van der Waals surface area contributed by atoms with E-state index >= 15 is 0 Å². The van der Waals surface area contributed by atoms with E-state index in [9.17, 15) is 5.11 Å². The SMILES string of the molecule is CC(C)(O)C(C)(C)NCc1ccc2c(c1)OCCO2. The third kappa shape index (κ3) is 3.19. The van der Waals surface area contributed by atoms with Crippen molar-refractivity contribution in [2.75, 3.05) is 13.2 Å². The second-order valence-electron chi connectivity index (χ2n) is 6.02. The Morgan fingerprint density at radius 2 is 1.74 bits per heavy atom. The van der Waals surface area contributed by atoms with Gasteiger partial charge in [0.2, 0.25) is 0 Å². The molecule has 0 amide bonds. The van der Waals surface area contributed by atoms with Crippen LogP contribution in [0, 0.1) is 0 Å². The molecule has 2 rings (SSSR count).